The van der Waals surface area contributed by atoms with Crippen molar-refractivity contribution < 1.29 is 32.7 Å². The largest absolute Gasteiger partial charge is 0.389 e. The molecular formula is C4H6N8S2Y-2. The Labute approximate surface area is 120 Å². The van der Waals surface area contributed by atoms with Gasteiger partial charge in [0.2, 0.25) is 0 Å². The molecule has 0 saturated carbocycles. The van der Waals surface area contributed by atoms with Crippen molar-refractivity contribution in [3.05, 3.63) is 22.2 Å². The summed E-state index contributed by atoms with van der Waals surface area (Å²) in [5.41, 5.74) is 0. The van der Waals surface area contributed by atoms with Gasteiger partial charge in [0.1, 0.15) is 0 Å². The van der Waals surface area contributed by atoms with Crippen LogP contribution < -0.4 is 11.7 Å². The van der Waals surface area contributed by atoms with Crippen LogP contribution >= 0.6 is 24.4 Å². The average Bonchev–Trinajstić information content (AvgIpc) is 2.67. The number of nitrogens with two attached hydrogens (primary N) is 2. The van der Waals surface area contributed by atoms with Gasteiger partial charge in [-0.3, -0.25) is 10.2 Å². The molecule has 0 bridgehead atoms. The fourth-order valence-electron chi connectivity index (χ4n) is 0.452. The second kappa shape index (κ2) is 6.83. The summed E-state index contributed by atoms with van der Waals surface area (Å²) in [6.07, 6.45) is 4.71. The molecule has 0 aliphatic carbocycles. The first-order chi connectivity index (χ1) is 6.61. The average molecular weight is 319 g/mol. The van der Waals surface area contributed by atoms with Crippen LogP contribution in [0.4, 0.5) is 0 Å². The monoisotopic (exact) mass is 319 g/mol. The van der Waals surface area contributed by atoms with Gasteiger partial charge in [0.05, 0.1) is 9.54 Å². The van der Waals surface area contributed by atoms with Crippen LogP contribution in [0.2, 0.25) is 0 Å². The first kappa shape index (κ1) is 14.4. The van der Waals surface area contributed by atoms with E-state index in [9.17, 15) is 0 Å². The fraction of sp³-hybridized carbons (Fsp3) is 0. The van der Waals surface area contributed by atoms with Gasteiger partial charge in [-0.05, 0) is 12.7 Å². The van der Waals surface area contributed by atoms with Gasteiger partial charge in [0.15, 0.2) is 0 Å². The normalized spacial score (nSPS) is 8.53. The molecular weight excluding hydrogens is 313 g/mol. The molecule has 0 aliphatic heterocycles. The smallest absolute Gasteiger partial charge is 0.0557 e. The van der Waals surface area contributed by atoms with Gasteiger partial charge in [-0.25, -0.2) is 0 Å². The molecule has 15 heavy (non-hydrogen) atoms. The SMILES string of the molecule is Nn1[c-]n[nH]c1=S.Nn1[c-]n[nH]c1=S.[Y]. The Hall–Kier alpha value is -0.576. The number of aromatic amines is 2. The van der Waals surface area contributed by atoms with Gasteiger partial charge in [0, 0.05) is 32.7 Å². The van der Waals surface area contributed by atoms with Crippen LogP contribution in [0.1, 0.15) is 0 Å². The number of nitrogens with one attached hydrogen (secondary N) is 2. The van der Waals surface area contributed by atoms with E-state index in [4.69, 9.17) is 11.7 Å². The number of hydrogen-bond donors (Lipinski definition) is 4. The summed E-state index contributed by atoms with van der Waals surface area (Å²) in [6.45, 7) is 0. The summed E-state index contributed by atoms with van der Waals surface area (Å²) in [7, 11) is 0. The van der Waals surface area contributed by atoms with Gasteiger partial charge in [-0.2, -0.15) is 24.4 Å². The second-order valence-electron chi connectivity index (χ2n) is 2.00. The van der Waals surface area contributed by atoms with Crippen LogP contribution in [0.3, 0.4) is 0 Å². The number of H-pyrrole nitrogens is 2. The third-order valence-corrected chi connectivity index (χ3v) is 1.63. The third kappa shape index (κ3) is 4.64. The summed E-state index contributed by atoms with van der Waals surface area (Å²) < 4.78 is 2.96. The maximum atomic E-state index is 5.10. The summed E-state index contributed by atoms with van der Waals surface area (Å²) >= 11 is 9.15. The number of nitrogens with zero attached hydrogens (tertiary/aromatic N) is 4. The standard InChI is InChI=1S/2C2H3N4S.Y/c2*3-6-1-4-5-2(6)7;/h2*3H2,(H,5,7);/q2*-1;. The van der Waals surface area contributed by atoms with E-state index in [1.165, 1.54) is 0 Å². The Balaban J connectivity index is 0.000000245. The molecule has 2 aromatic rings. The predicted octanol–water partition coefficient (Wildman–Crippen LogP) is -1.09. The minimum atomic E-state index is 0. The molecule has 0 fully saturated rings. The van der Waals surface area contributed by atoms with E-state index in [1.807, 2.05) is 0 Å². The molecule has 0 spiro atoms. The Bertz CT molecular complexity index is 446. The maximum absolute atomic E-state index is 5.10. The van der Waals surface area contributed by atoms with Crippen molar-refractivity contribution in [1.29, 1.82) is 0 Å². The van der Waals surface area contributed by atoms with Gasteiger partial charge in [-0.1, -0.05) is 0 Å². The number of rotatable bonds is 0. The van der Waals surface area contributed by atoms with Crippen molar-refractivity contribution in [2.45, 2.75) is 0 Å². The molecule has 0 atom stereocenters. The van der Waals surface area contributed by atoms with Gasteiger partial charge in [0.25, 0.3) is 0 Å². The molecule has 2 aromatic heterocycles. The van der Waals surface area contributed by atoms with Crippen molar-refractivity contribution in [2.75, 3.05) is 11.7 Å². The molecule has 1 radical (unpaired) electrons. The van der Waals surface area contributed by atoms with Crippen LogP contribution in [0.5, 0.6) is 0 Å². The number of hydrogen-bond acceptors (Lipinski definition) is 6. The zero-order chi connectivity index (χ0) is 10.6. The van der Waals surface area contributed by atoms with Crippen LogP contribution in [0, 0.1) is 22.2 Å². The minimum Gasteiger partial charge on any atom is -0.389 e. The first-order valence-electron chi connectivity index (χ1n) is 3.21. The van der Waals surface area contributed by atoms with E-state index < -0.39 is 0 Å². The van der Waals surface area contributed by atoms with Crippen molar-refractivity contribution >= 4 is 24.4 Å². The first-order valence-corrected chi connectivity index (χ1v) is 4.03. The van der Waals surface area contributed by atoms with E-state index >= 15 is 0 Å². The van der Waals surface area contributed by atoms with Gasteiger partial charge < -0.3 is 31.2 Å². The number of nitrogen functional groups attached to an aromatic ring is 2. The maximum Gasteiger partial charge on any atom is 0.0557 e. The van der Waals surface area contributed by atoms with E-state index in [0.29, 0.717) is 9.54 Å². The quantitative estimate of drug-likeness (QED) is 0.278. The van der Waals surface area contributed by atoms with Crippen LogP contribution in [-0.2, 0) is 32.7 Å². The Morgan fingerprint density at radius 1 is 1.00 bits per heavy atom. The van der Waals surface area contributed by atoms with E-state index in [-0.39, 0.29) is 32.7 Å². The van der Waals surface area contributed by atoms with Crippen molar-refractivity contribution in [1.82, 2.24) is 29.7 Å². The van der Waals surface area contributed by atoms with Crippen LogP contribution in [0.15, 0.2) is 0 Å². The Kier molecular flexibility index (Phi) is 6.56. The molecule has 0 unspecified atom stereocenters. The predicted molar refractivity (Wildman–Crippen MR) is 52.8 cm³/mol. The van der Waals surface area contributed by atoms with Crippen LogP contribution in [-0.4, -0.2) is 29.7 Å². The molecule has 8 nitrogen and oxygen atoms in total. The van der Waals surface area contributed by atoms with Gasteiger partial charge >= 0.3 is 0 Å². The molecule has 79 valence electrons. The van der Waals surface area contributed by atoms with Gasteiger partial charge in [-0.15, -0.1) is 0 Å². The summed E-state index contributed by atoms with van der Waals surface area (Å²) in [5, 5.41) is 11.6. The summed E-state index contributed by atoms with van der Waals surface area (Å²) in [6, 6.07) is 0. The molecule has 0 saturated heterocycles. The molecule has 0 amide bonds. The molecule has 2 rings (SSSR count). The fourth-order valence-corrected chi connectivity index (χ4v) is 0.625. The second-order valence-corrected chi connectivity index (χ2v) is 2.77. The molecule has 2 heterocycles. The molecule has 0 aromatic carbocycles. The Morgan fingerprint density at radius 3 is 1.40 bits per heavy atom. The zero-order valence-electron chi connectivity index (χ0n) is 7.34. The zero-order valence-corrected chi connectivity index (χ0v) is 11.8. The van der Waals surface area contributed by atoms with E-state index in [0.717, 1.165) is 9.35 Å². The van der Waals surface area contributed by atoms with E-state index in [1.54, 1.807) is 0 Å². The number of aromatic nitrogens is 6. The Morgan fingerprint density at radius 2 is 1.33 bits per heavy atom. The van der Waals surface area contributed by atoms with E-state index in [2.05, 4.69) is 57.5 Å². The topological polar surface area (TPSA) is 119 Å². The summed E-state index contributed by atoms with van der Waals surface area (Å²) in [4.78, 5) is 0. The van der Waals surface area contributed by atoms with Crippen LogP contribution in [0.25, 0.3) is 0 Å². The molecule has 0 aliphatic rings. The third-order valence-electron chi connectivity index (χ3n) is 1.06. The molecule has 6 N–H and O–H groups in total. The summed E-state index contributed by atoms with van der Waals surface area (Å²) in [5.74, 6) is 10.2. The minimum absolute atomic E-state index is 0. The molecule has 11 heteroatoms. The van der Waals surface area contributed by atoms with Crippen molar-refractivity contribution in [3.8, 4) is 0 Å². The van der Waals surface area contributed by atoms with Crippen molar-refractivity contribution in [2.24, 2.45) is 0 Å². The van der Waals surface area contributed by atoms with Crippen molar-refractivity contribution in [3.63, 3.8) is 0 Å².